The van der Waals surface area contributed by atoms with Gasteiger partial charge in [0.15, 0.2) is 0 Å². The van der Waals surface area contributed by atoms with Gasteiger partial charge in [-0.15, -0.1) is 0 Å². The second kappa shape index (κ2) is 8.62. The molecule has 2 aromatic heterocycles. The normalized spacial score (nSPS) is 24.5. The number of aryl methyl sites for hydroxylation is 2. The van der Waals surface area contributed by atoms with Crippen LogP contribution in [-0.2, 0) is 17.6 Å². The van der Waals surface area contributed by atoms with E-state index in [-0.39, 0.29) is 12.5 Å². The molecule has 1 amide bonds. The highest BCUT2D eigenvalue weighted by molar-refractivity contribution is 5.77. The van der Waals surface area contributed by atoms with Crippen molar-refractivity contribution >= 4 is 5.91 Å². The number of piperidine rings is 1. The number of hydrogen-bond acceptors (Lipinski definition) is 4. The van der Waals surface area contributed by atoms with Gasteiger partial charge in [-0.2, -0.15) is 0 Å². The standard InChI is InChI=1S/C24H31N3O2/c1-16-5-3-9-25-21(16)13-19-20(14-22-17(2)6-4-10-26-22)24(19)18-7-11-27(12-8-18)23(29)15-28/h3-6,9-10,18-20,24,28H,7-8,11-15H2,1-2H3. The van der Waals surface area contributed by atoms with E-state index >= 15 is 0 Å². The minimum Gasteiger partial charge on any atom is -0.387 e. The number of aliphatic hydroxyl groups excluding tert-OH is 1. The number of hydrogen-bond donors (Lipinski definition) is 1. The predicted molar refractivity (Wildman–Crippen MR) is 112 cm³/mol. The summed E-state index contributed by atoms with van der Waals surface area (Å²) in [6, 6.07) is 8.31. The molecule has 2 fully saturated rings. The molecule has 0 aromatic carbocycles. The first-order chi connectivity index (χ1) is 14.1. The average Bonchev–Trinajstić information content (AvgIpc) is 3.42. The number of likely N-dealkylation sites (tertiary alicyclic amines) is 1. The molecule has 0 bridgehead atoms. The van der Waals surface area contributed by atoms with E-state index in [4.69, 9.17) is 5.11 Å². The smallest absolute Gasteiger partial charge is 0.248 e. The van der Waals surface area contributed by atoms with E-state index in [0.29, 0.717) is 23.7 Å². The molecule has 2 atom stereocenters. The average molecular weight is 394 g/mol. The fraction of sp³-hybridized carbons (Fsp3) is 0.542. The molecule has 4 rings (SSSR count). The third kappa shape index (κ3) is 4.35. The Morgan fingerprint density at radius 1 is 1.00 bits per heavy atom. The SMILES string of the molecule is Cc1cccnc1CC1C(Cc2ncccc2C)C1C1CCN(C(=O)CO)CC1. The molecule has 154 valence electrons. The number of aliphatic hydroxyl groups is 1. The molecule has 0 spiro atoms. The molecule has 3 heterocycles. The van der Waals surface area contributed by atoms with Crippen molar-refractivity contribution in [1.29, 1.82) is 0 Å². The third-order valence-corrected chi connectivity index (χ3v) is 7.06. The van der Waals surface area contributed by atoms with E-state index in [9.17, 15) is 4.79 Å². The van der Waals surface area contributed by atoms with Gasteiger partial charge in [0.05, 0.1) is 0 Å². The Hall–Kier alpha value is -2.27. The van der Waals surface area contributed by atoms with Crippen molar-refractivity contribution in [1.82, 2.24) is 14.9 Å². The fourth-order valence-electron chi connectivity index (χ4n) is 5.29. The zero-order valence-corrected chi connectivity index (χ0v) is 17.4. The number of nitrogens with zero attached hydrogens (tertiary/aromatic N) is 3. The molecule has 1 saturated heterocycles. The van der Waals surface area contributed by atoms with Crippen molar-refractivity contribution in [3.63, 3.8) is 0 Å². The van der Waals surface area contributed by atoms with Crippen LogP contribution in [0.2, 0.25) is 0 Å². The Morgan fingerprint density at radius 3 is 1.97 bits per heavy atom. The molecule has 5 nitrogen and oxygen atoms in total. The highest BCUT2D eigenvalue weighted by Gasteiger charge is 2.53. The number of carbonyl (C=O) groups is 1. The predicted octanol–water partition coefficient (Wildman–Crippen LogP) is 2.97. The van der Waals surface area contributed by atoms with Crippen molar-refractivity contribution in [3.05, 3.63) is 59.2 Å². The molecule has 1 aliphatic carbocycles. The maximum absolute atomic E-state index is 11.8. The Labute approximate surface area is 173 Å². The van der Waals surface area contributed by atoms with Crippen LogP contribution in [-0.4, -0.2) is 45.6 Å². The van der Waals surface area contributed by atoms with Gasteiger partial charge in [0, 0.05) is 36.9 Å². The molecule has 1 N–H and O–H groups in total. The lowest BCUT2D eigenvalue weighted by atomic mass is 9.89. The number of rotatable bonds is 6. The maximum Gasteiger partial charge on any atom is 0.248 e. The lowest BCUT2D eigenvalue weighted by Crippen LogP contribution is -2.40. The molecule has 29 heavy (non-hydrogen) atoms. The monoisotopic (exact) mass is 393 g/mol. The zero-order chi connectivity index (χ0) is 20.4. The molecule has 2 unspecified atom stereocenters. The highest BCUT2D eigenvalue weighted by atomic mass is 16.3. The summed E-state index contributed by atoms with van der Waals surface area (Å²) in [7, 11) is 0. The quantitative estimate of drug-likeness (QED) is 0.819. The minimum atomic E-state index is -0.378. The molecule has 2 aliphatic rings. The van der Waals surface area contributed by atoms with Gasteiger partial charge >= 0.3 is 0 Å². The summed E-state index contributed by atoms with van der Waals surface area (Å²) >= 11 is 0. The summed E-state index contributed by atoms with van der Waals surface area (Å²) in [5, 5.41) is 9.13. The molecule has 2 aromatic rings. The zero-order valence-electron chi connectivity index (χ0n) is 17.4. The van der Waals surface area contributed by atoms with E-state index in [1.54, 1.807) is 0 Å². The van der Waals surface area contributed by atoms with Crippen molar-refractivity contribution in [2.75, 3.05) is 19.7 Å². The largest absolute Gasteiger partial charge is 0.387 e. The Balaban J connectivity index is 1.48. The van der Waals surface area contributed by atoms with Gasteiger partial charge in [0.2, 0.25) is 5.91 Å². The van der Waals surface area contributed by atoms with Gasteiger partial charge in [0.1, 0.15) is 6.61 Å². The first kappa shape index (κ1) is 20.0. The van der Waals surface area contributed by atoms with E-state index in [1.807, 2.05) is 29.4 Å². The summed E-state index contributed by atoms with van der Waals surface area (Å²) in [6.07, 6.45) is 7.93. The lowest BCUT2D eigenvalue weighted by molar-refractivity contribution is -0.135. The molecular formula is C24H31N3O2. The van der Waals surface area contributed by atoms with E-state index < -0.39 is 0 Å². The third-order valence-electron chi connectivity index (χ3n) is 7.06. The van der Waals surface area contributed by atoms with Crippen LogP contribution in [0.1, 0.15) is 35.4 Å². The van der Waals surface area contributed by atoms with E-state index in [0.717, 1.165) is 38.8 Å². The van der Waals surface area contributed by atoms with Crippen molar-refractivity contribution in [3.8, 4) is 0 Å². The van der Waals surface area contributed by atoms with Gasteiger partial charge in [-0.3, -0.25) is 14.8 Å². The molecule has 1 saturated carbocycles. The fourth-order valence-corrected chi connectivity index (χ4v) is 5.29. The number of amides is 1. The van der Waals surface area contributed by atoms with Crippen molar-refractivity contribution in [2.45, 2.75) is 39.5 Å². The minimum absolute atomic E-state index is 0.138. The Morgan fingerprint density at radius 2 is 1.52 bits per heavy atom. The maximum atomic E-state index is 11.8. The van der Waals surface area contributed by atoms with Crippen LogP contribution in [0.3, 0.4) is 0 Å². The van der Waals surface area contributed by atoms with Gasteiger partial charge < -0.3 is 10.0 Å². The first-order valence-electron chi connectivity index (χ1n) is 10.8. The Kier molecular flexibility index (Phi) is 5.95. The summed E-state index contributed by atoms with van der Waals surface area (Å²) in [5.41, 5.74) is 4.98. The molecule has 0 radical (unpaired) electrons. The van der Waals surface area contributed by atoms with Gasteiger partial charge in [-0.05, 0) is 86.5 Å². The van der Waals surface area contributed by atoms with Crippen LogP contribution in [0.15, 0.2) is 36.7 Å². The van der Waals surface area contributed by atoms with Crippen LogP contribution in [0, 0.1) is 37.5 Å². The number of carbonyl (C=O) groups excluding carboxylic acids is 1. The number of aromatic nitrogens is 2. The summed E-state index contributed by atoms with van der Waals surface area (Å²) in [6.45, 7) is 5.46. The summed E-state index contributed by atoms with van der Waals surface area (Å²) in [4.78, 5) is 22.9. The van der Waals surface area contributed by atoms with Crippen LogP contribution in [0.5, 0.6) is 0 Å². The first-order valence-corrected chi connectivity index (χ1v) is 10.8. The molecular weight excluding hydrogens is 362 g/mol. The topological polar surface area (TPSA) is 66.3 Å². The highest BCUT2D eigenvalue weighted by Crippen LogP contribution is 2.56. The number of pyridine rings is 2. The summed E-state index contributed by atoms with van der Waals surface area (Å²) in [5.74, 6) is 2.44. The van der Waals surface area contributed by atoms with E-state index in [2.05, 4.69) is 35.9 Å². The Bertz CT molecular complexity index is 807. The van der Waals surface area contributed by atoms with Gasteiger partial charge in [0.25, 0.3) is 0 Å². The van der Waals surface area contributed by atoms with Crippen LogP contribution in [0.4, 0.5) is 0 Å². The van der Waals surface area contributed by atoms with E-state index in [1.165, 1.54) is 22.5 Å². The molecule has 5 heteroatoms. The second-order valence-electron chi connectivity index (χ2n) is 8.72. The van der Waals surface area contributed by atoms with Crippen molar-refractivity contribution < 1.29 is 9.90 Å². The summed E-state index contributed by atoms with van der Waals surface area (Å²) < 4.78 is 0. The van der Waals surface area contributed by atoms with Crippen molar-refractivity contribution in [2.24, 2.45) is 23.7 Å². The van der Waals surface area contributed by atoms with Crippen LogP contribution < -0.4 is 0 Å². The van der Waals surface area contributed by atoms with Crippen LogP contribution >= 0.6 is 0 Å². The lowest BCUT2D eigenvalue weighted by Gasteiger charge is -2.32. The molecule has 1 aliphatic heterocycles. The second-order valence-corrected chi connectivity index (χ2v) is 8.72. The van der Waals surface area contributed by atoms with Gasteiger partial charge in [-0.1, -0.05) is 12.1 Å². The van der Waals surface area contributed by atoms with Crippen LogP contribution in [0.25, 0.3) is 0 Å². The van der Waals surface area contributed by atoms with Gasteiger partial charge in [-0.25, -0.2) is 0 Å².